The lowest BCUT2D eigenvalue weighted by Crippen LogP contribution is -2.38. The number of thioether (sulfide) groups is 1. The van der Waals surface area contributed by atoms with Gasteiger partial charge in [0.05, 0.1) is 0 Å². The van der Waals surface area contributed by atoms with E-state index in [9.17, 15) is 4.79 Å². The quantitative estimate of drug-likeness (QED) is 0.787. The molecule has 2 aliphatic rings. The van der Waals surface area contributed by atoms with Crippen LogP contribution in [-0.2, 0) is 5.75 Å². The van der Waals surface area contributed by atoms with Gasteiger partial charge in [-0.05, 0) is 60.9 Å². The summed E-state index contributed by atoms with van der Waals surface area (Å²) in [5.74, 6) is 2.60. The van der Waals surface area contributed by atoms with Crippen LogP contribution in [0.3, 0.4) is 0 Å². The molecular weight excluding hydrogens is 314 g/mol. The van der Waals surface area contributed by atoms with Crippen molar-refractivity contribution in [3.8, 4) is 0 Å². The monoisotopic (exact) mass is 337 g/mol. The van der Waals surface area contributed by atoms with E-state index in [1.54, 1.807) is 0 Å². The minimum Gasteiger partial charge on any atom is -0.349 e. The van der Waals surface area contributed by atoms with Gasteiger partial charge in [-0.2, -0.15) is 0 Å². The van der Waals surface area contributed by atoms with Crippen molar-refractivity contribution in [3.63, 3.8) is 0 Å². The van der Waals surface area contributed by atoms with Gasteiger partial charge in [-0.25, -0.2) is 0 Å². The summed E-state index contributed by atoms with van der Waals surface area (Å²) in [6.07, 6.45) is 5.17. The Balaban J connectivity index is 1.32. The molecule has 1 N–H and O–H groups in total. The molecule has 2 fully saturated rings. The van der Waals surface area contributed by atoms with E-state index in [1.807, 2.05) is 30.0 Å². The van der Waals surface area contributed by atoms with Crippen LogP contribution in [0.15, 0.2) is 59.5 Å². The number of fused-ring (bicyclic) bond motifs is 2. The van der Waals surface area contributed by atoms with Crippen molar-refractivity contribution in [2.45, 2.75) is 42.4 Å². The number of hydrogen-bond acceptors (Lipinski definition) is 2. The zero-order chi connectivity index (χ0) is 16.4. The van der Waals surface area contributed by atoms with E-state index in [2.05, 4.69) is 41.7 Å². The van der Waals surface area contributed by atoms with Crippen LogP contribution < -0.4 is 5.32 Å². The molecule has 0 radical (unpaired) electrons. The topological polar surface area (TPSA) is 29.1 Å². The van der Waals surface area contributed by atoms with Gasteiger partial charge in [-0.1, -0.05) is 36.8 Å². The second-order valence-electron chi connectivity index (χ2n) is 7.05. The van der Waals surface area contributed by atoms with Crippen molar-refractivity contribution in [1.82, 2.24) is 5.32 Å². The third kappa shape index (κ3) is 3.51. The van der Waals surface area contributed by atoms with Crippen molar-refractivity contribution in [2.24, 2.45) is 11.8 Å². The standard InChI is InChI=1S/C21H23NOS/c23-21(22-20-13-16-8-11-18(20)12-16)17-9-6-15(7-10-17)14-24-19-4-2-1-3-5-19/h1-7,9-10,16,18,20H,8,11-14H2,(H,22,23)/t16-,18-,20+/m0/s1. The van der Waals surface area contributed by atoms with Crippen LogP contribution in [0.1, 0.15) is 41.6 Å². The van der Waals surface area contributed by atoms with Gasteiger partial charge in [0.2, 0.25) is 0 Å². The molecule has 0 heterocycles. The van der Waals surface area contributed by atoms with E-state index in [-0.39, 0.29) is 5.91 Å². The van der Waals surface area contributed by atoms with Crippen LogP contribution in [-0.4, -0.2) is 11.9 Å². The highest BCUT2D eigenvalue weighted by Crippen LogP contribution is 2.44. The molecule has 2 saturated carbocycles. The second kappa shape index (κ2) is 7.02. The van der Waals surface area contributed by atoms with Crippen molar-refractivity contribution in [1.29, 1.82) is 0 Å². The molecule has 3 heteroatoms. The number of hydrogen-bond donors (Lipinski definition) is 1. The summed E-state index contributed by atoms with van der Waals surface area (Å²) in [4.78, 5) is 13.7. The van der Waals surface area contributed by atoms with Gasteiger partial charge in [0.25, 0.3) is 5.91 Å². The fraction of sp³-hybridized carbons (Fsp3) is 0.381. The normalized spacial score (nSPS) is 24.9. The van der Waals surface area contributed by atoms with E-state index in [0.29, 0.717) is 6.04 Å². The van der Waals surface area contributed by atoms with E-state index >= 15 is 0 Å². The molecule has 124 valence electrons. The first-order valence-corrected chi connectivity index (χ1v) is 9.84. The predicted octanol–water partition coefficient (Wildman–Crippen LogP) is 4.90. The Kier molecular flexibility index (Phi) is 4.61. The van der Waals surface area contributed by atoms with Gasteiger partial charge in [0, 0.05) is 22.3 Å². The lowest BCUT2D eigenvalue weighted by molar-refractivity contribution is 0.0923. The van der Waals surface area contributed by atoms with Gasteiger partial charge in [0.15, 0.2) is 0 Å². The molecule has 3 atom stereocenters. The molecule has 2 aromatic carbocycles. The first-order chi connectivity index (χ1) is 11.8. The zero-order valence-electron chi connectivity index (χ0n) is 13.8. The lowest BCUT2D eigenvalue weighted by Gasteiger charge is -2.22. The maximum atomic E-state index is 12.5. The molecular formula is C21H23NOS. The zero-order valence-corrected chi connectivity index (χ0v) is 14.6. The summed E-state index contributed by atoms with van der Waals surface area (Å²) in [5, 5.41) is 3.26. The third-order valence-electron chi connectivity index (χ3n) is 5.42. The summed E-state index contributed by atoms with van der Waals surface area (Å²) in [6.45, 7) is 0. The average Bonchev–Trinajstić information content (AvgIpc) is 3.24. The van der Waals surface area contributed by atoms with Gasteiger partial charge in [0.1, 0.15) is 0 Å². The van der Waals surface area contributed by atoms with Crippen LogP contribution in [0.25, 0.3) is 0 Å². The third-order valence-corrected chi connectivity index (χ3v) is 6.50. The highest BCUT2D eigenvalue weighted by molar-refractivity contribution is 7.98. The average molecular weight is 337 g/mol. The molecule has 0 aliphatic heterocycles. The molecule has 2 aromatic rings. The Morgan fingerprint density at radius 1 is 1.00 bits per heavy atom. The highest BCUT2D eigenvalue weighted by atomic mass is 32.2. The molecule has 0 unspecified atom stereocenters. The first kappa shape index (κ1) is 15.8. The molecule has 0 aromatic heterocycles. The highest BCUT2D eigenvalue weighted by Gasteiger charge is 2.40. The Morgan fingerprint density at radius 3 is 2.46 bits per heavy atom. The van der Waals surface area contributed by atoms with E-state index in [1.165, 1.54) is 36.1 Å². The molecule has 4 rings (SSSR count). The summed E-state index contributed by atoms with van der Waals surface area (Å²) in [5.41, 5.74) is 2.03. The molecule has 2 aliphatic carbocycles. The van der Waals surface area contributed by atoms with Crippen molar-refractivity contribution in [2.75, 3.05) is 0 Å². The largest absolute Gasteiger partial charge is 0.349 e. The van der Waals surface area contributed by atoms with Crippen LogP contribution >= 0.6 is 11.8 Å². The maximum Gasteiger partial charge on any atom is 0.251 e. The summed E-state index contributed by atoms with van der Waals surface area (Å²) in [7, 11) is 0. The second-order valence-corrected chi connectivity index (χ2v) is 8.10. The van der Waals surface area contributed by atoms with Crippen LogP contribution in [0.5, 0.6) is 0 Å². The summed E-state index contributed by atoms with van der Waals surface area (Å²) < 4.78 is 0. The maximum absolute atomic E-state index is 12.5. The van der Waals surface area contributed by atoms with Crippen LogP contribution in [0.4, 0.5) is 0 Å². The van der Waals surface area contributed by atoms with Gasteiger partial charge < -0.3 is 5.32 Å². The minimum absolute atomic E-state index is 0.0924. The summed E-state index contributed by atoms with van der Waals surface area (Å²) in [6, 6.07) is 18.9. The minimum atomic E-state index is 0.0924. The lowest BCUT2D eigenvalue weighted by atomic mass is 9.95. The number of nitrogens with one attached hydrogen (secondary N) is 1. The van der Waals surface area contributed by atoms with Crippen molar-refractivity contribution in [3.05, 3.63) is 65.7 Å². The number of benzene rings is 2. The van der Waals surface area contributed by atoms with E-state index in [4.69, 9.17) is 0 Å². The summed E-state index contributed by atoms with van der Waals surface area (Å²) >= 11 is 1.82. The van der Waals surface area contributed by atoms with Gasteiger partial charge in [-0.15, -0.1) is 11.8 Å². The molecule has 2 nitrogen and oxygen atoms in total. The molecule has 1 amide bonds. The fourth-order valence-electron chi connectivity index (χ4n) is 4.11. The Labute approximate surface area is 148 Å². The fourth-order valence-corrected chi connectivity index (χ4v) is 4.98. The van der Waals surface area contributed by atoms with Gasteiger partial charge >= 0.3 is 0 Å². The molecule has 24 heavy (non-hydrogen) atoms. The first-order valence-electron chi connectivity index (χ1n) is 8.85. The van der Waals surface area contributed by atoms with Crippen molar-refractivity contribution >= 4 is 17.7 Å². The Hall–Kier alpha value is -1.74. The van der Waals surface area contributed by atoms with E-state index < -0.39 is 0 Å². The predicted molar refractivity (Wildman–Crippen MR) is 99.1 cm³/mol. The smallest absolute Gasteiger partial charge is 0.251 e. The van der Waals surface area contributed by atoms with Gasteiger partial charge in [-0.3, -0.25) is 4.79 Å². The Morgan fingerprint density at radius 2 is 1.79 bits per heavy atom. The number of rotatable bonds is 5. The Bertz CT molecular complexity index is 698. The van der Waals surface area contributed by atoms with Crippen molar-refractivity contribution < 1.29 is 4.79 Å². The SMILES string of the molecule is O=C(N[C@@H]1C[C@H]2CC[C@H]1C2)c1ccc(CSc2ccccc2)cc1. The van der Waals surface area contributed by atoms with E-state index in [0.717, 1.165) is 23.2 Å². The number of amides is 1. The molecule has 0 spiro atoms. The number of carbonyl (C=O) groups is 1. The van der Waals surface area contributed by atoms with Crippen LogP contribution in [0, 0.1) is 11.8 Å². The number of carbonyl (C=O) groups excluding carboxylic acids is 1. The van der Waals surface area contributed by atoms with Crippen LogP contribution in [0.2, 0.25) is 0 Å². The molecule has 2 bridgehead atoms. The molecule has 0 saturated heterocycles.